The topological polar surface area (TPSA) is 144 Å². The molecule has 224 valence electrons. The summed E-state index contributed by atoms with van der Waals surface area (Å²) >= 11 is 0. The van der Waals surface area contributed by atoms with Gasteiger partial charge in [-0.1, -0.05) is 0 Å². The van der Waals surface area contributed by atoms with Crippen molar-refractivity contribution in [3.63, 3.8) is 0 Å². The summed E-state index contributed by atoms with van der Waals surface area (Å²) in [5, 5.41) is 14.3. The van der Waals surface area contributed by atoms with E-state index in [1.807, 2.05) is 52.5 Å². The lowest BCUT2D eigenvalue weighted by atomic mass is 10.0. The summed E-state index contributed by atoms with van der Waals surface area (Å²) in [5.74, 6) is 0.0473. The van der Waals surface area contributed by atoms with Gasteiger partial charge in [0.1, 0.15) is 11.5 Å². The number of amides is 1. The number of aromatic nitrogens is 7. The number of nitrogens with one attached hydrogen (secondary N) is 4. The highest BCUT2D eigenvalue weighted by Gasteiger charge is 2.17. The first-order chi connectivity index (χ1) is 21.2. The van der Waals surface area contributed by atoms with Gasteiger partial charge in [-0.2, -0.15) is 5.10 Å². The van der Waals surface area contributed by atoms with Crippen LogP contribution in [0, 0.1) is 5.82 Å². The van der Waals surface area contributed by atoms with Gasteiger partial charge in [0, 0.05) is 54.1 Å². The van der Waals surface area contributed by atoms with Crippen molar-refractivity contribution in [2.75, 3.05) is 58.5 Å². The fourth-order valence-electron chi connectivity index (χ4n) is 4.93. The van der Waals surface area contributed by atoms with Crippen LogP contribution in [0.2, 0.25) is 0 Å². The van der Waals surface area contributed by atoms with E-state index in [9.17, 15) is 9.18 Å². The Labute approximate surface area is 252 Å². The number of hydrogen-bond donors (Lipinski definition) is 4. The second-order valence-corrected chi connectivity index (χ2v) is 11.0. The molecule has 1 amide bonds. The summed E-state index contributed by atoms with van der Waals surface area (Å²) < 4.78 is 14.7. The molecule has 13 heteroatoms. The molecule has 6 aromatic rings. The molecule has 1 aromatic carbocycles. The van der Waals surface area contributed by atoms with E-state index >= 15 is 0 Å². The number of rotatable bonds is 10. The molecule has 5 aromatic heterocycles. The number of hydrogen-bond acceptors (Lipinski definition) is 9. The Kier molecular flexibility index (Phi) is 7.96. The second-order valence-electron chi connectivity index (χ2n) is 11.0. The molecule has 0 aliphatic rings. The number of imidazole rings is 1. The van der Waals surface area contributed by atoms with Gasteiger partial charge in [-0.3, -0.25) is 14.9 Å². The summed E-state index contributed by atoms with van der Waals surface area (Å²) in [6, 6.07) is 10.5. The molecule has 0 atom stereocenters. The Morgan fingerprint density at radius 1 is 0.909 bits per heavy atom. The van der Waals surface area contributed by atoms with E-state index in [0.717, 1.165) is 28.6 Å². The van der Waals surface area contributed by atoms with Crippen molar-refractivity contribution in [1.29, 1.82) is 0 Å². The quantitative estimate of drug-likeness (QED) is 0.183. The number of aromatic amines is 2. The maximum Gasteiger partial charge on any atom is 0.238 e. The van der Waals surface area contributed by atoms with Crippen LogP contribution in [0.3, 0.4) is 0 Å². The van der Waals surface area contributed by atoms with E-state index in [2.05, 4.69) is 45.7 Å². The average Bonchev–Trinajstić information content (AvgIpc) is 3.60. The van der Waals surface area contributed by atoms with Gasteiger partial charge in [-0.25, -0.2) is 19.3 Å². The first-order valence-corrected chi connectivity index (χ1v) is 14.0. The van der Waals surface area contributed by atoms with Crippen LogP contribution in [0.15, 0.2) is 61.2 Å². The van der Waals surface area contributed by atoms with E-state index < -0.39 is 0 Å². The minimum absolute atomic E-state index is 0.132. The number of halogens is 1. The summed E-state index contributed by atoms with van der Waals surface area (Å²) in [6.07, 6.45) is 6.69. The molecule has 12 nitrogen and oxygen atoms in total. The number of anilines is 2. The summed E-state index contributed by atoms with van der Waals surface area (Å²) in [4.78, 5) is 37.5. The maximum atomic E-state index is 14.7. The zero-order chi connectivity index (χ0) is 30.8. The predicted molar refractivity (Wildman–Crippen MR) is 170 cm³/mol. The monoisotopic (exact) mass is 593 g/mol. The number of benzene rings is 1. The third-order valence-corrected chi connectivity index (χ3v) is 6.95. The zero-order valence-electron chi connectivity index (χ0n) is 24.8. The van der Waals surface area contributed by atoms with Crippen molar-refractivity contribution in [3.8, 4) is 33.8 Å². The SMILES string of the molecule is CN(C)CCNc1cc(F)cc(-c2ccnc3nc(-c4[nH]nc5ncc(-c6cncc(NC(=O)CN(C)C)c6)cc45)[nH]c23)c1. The Balaban J connectivity index is 1.33. The van der Waals surface area contributed by atoms with E-state index in [-0.39, 0.29) is 18.3 Å². The Bertz CT molecular complexity index is 1960. The number of fused-ring (bicyclic) bond motifs is 2. The molecule has 4 N–H and O–H groups in total. The van der Waals surface area contributed by atoms with E-state index in [4.69, 9.17) is 4.98 Å². The standard InChI is InChI=1S/C31H32FN11O/c1-42(2)8-7-34-22-10-18(9-21(32)13-22)24-5-6-35-30-27(24)38-31(39-30)28-25-12-20(15-36-29(25)41-40-28)19-11-23(16-33-14-19)37-26(44)17-43(3)4/h5-6,9-16,34H,7-8,17H2,1-4H3,(H,37,44)(H,35,38,39)(H,36,40,41). The molecule has 44 heavy (non-hydrogen) atoms. The molecular weight excluding hydrogens is 561 g/mol. The van der Waals surface area contributed by atoms with Crippen LogP contribution >= 0.6 is 0 Å². The molecule has 6 rings (SSSR count). The lowest BCUT2D eigenvalue weighted by molar-refractivity contribution is -0.116. The normalized spacial score (nSPS) is 11.6. The van der Waals surface area contributed by atoms with Gasteiger partial charge in [-0.15, -0.1) is 0 Å². The number of H-pyrrole nitrogens is 2. The van der Waals surface area contributed by atoms with Crippen LogP contribution in [-0.2, 0) is 4.79 Å². The van der Waals surface area contributed by atoms with Crippen molar-refractivity contribution in [3.05, 3.63) is 67.0 Å². The zero-order valence-corrected chi connectivity index (χ0v) is 24.8. The van der Waals surface area contributed by atoms with Gasteiger partial charge in [0.15, 0.2) is 17.1 Å². The maximum absolute atomic E-state index is 14.7. The smallest absolute Gasteiger partial charge is 0.238 e. The lowest BCUT2D eigenvalue weighted by Gasteiger charge is -2.13. The first kappa shape index (κ1) is 28.8. The van der Waals surface area contributed by atoms with Gasteiger partial charge in [-0.05, 0) is 70.2 Å². The highest BCUT2D eigenvalue weighted by Crippen LogP contribution is 2.33. The molecule has 0 aliphatic heterocycles. The van der Waals surface area contributed by atoms with Gasteiger partial charge in [0.2, 0.25) is 5.91 Å². The summed E-state index contributed by atoms with van der Waals surface area (Å²) in [5.41, 5.74) is 6.63. The van der Waals surface area contributed by atoms with E-state index in [1.165, 1.54) is 12.1 Å². The molecular formula is C31H32FN11O. The molecule has 0 spiro atoms. The van der Waals surface area contributed by atoms with Gasteiger partial charge in [0.25, 0.3) is 0 Å². The molecule has 0 saturated heterocycles. The highest BCUT2D eigenvalue weighted by atomic mass is 19.1. The third-order valence-electron chi connectivity index (χ3n) is 6.95. The Morgan fingerprint density at radius 2 is 1.73 bits per heavy atom. The number of carbonyl (C=O) groups excluding carboxylic acids is 1. The molecule has 0 fully saturated rings. The van der Waals surface area contributed by atoms with Gasteiger partial charge < -0.3 is 25.4 Å². The minimum Gasteiger partial charge on any atom is -0.384 e. The fourth-order valence-corrected chi connectivity index (χ4v) is 4.93. The fraction of sp³-hybridized carbons (Fsp3) is 0.226. The highest BCUT2D eigenvalue weighted by molar-refractivity contribution is 5.97. The van der Waals surface area contributed by atoms with Crippen molar-refractivity contribution in [2.45, 2.75) is 0 Å². The average molecular weight is 594 g/mol. The molecule has 0 saturated carbocycles. The van der Waals surface area contributed by atoms with Crippen LogP contribution in [0.5, 0.6) is 0 Å². The number of likely N-dealkylation sites (N-methyl/N-ethyl adjacent to an activating group) is 2. The van der Waals surface area contributed by atoms with Crippen molar-refractivity contribution in [2.24, 2.45) is 0 Å². The molecule has 5 heterocycles. The first-order valence-electron chi connectivity index (χ1n) is 14.0. The summed E-state index contributed by atoms with van der Waals surface area (Å²) in [7, 11) is 7.65. The number of nitrogens with zero attached hydrogens (tertiary/aromatic N) is 7. The molecule has 0 bridgehead atoms. The van der Waals surface area contributed by atoms with Crippen molar-refractivity contribution >= 4 is 39.5 Å². The molecule has 0 radical (unpaired) electrons. The summed E-state index contributed by atoms with van der Waals surface area (Å²) in [6.45, 7) is 1.77. The Morgan fingerprint density at radius 3 is 2.55 bits per heavy atom. The van der Waals surface area contributed by atoms with Crippen LogP contribution in [-0.4, -0.2) is 98.6 Å². The molecule has 0 aliphatic carbocycles. The molecule has 0 unspecified atom stereocenters. The van der Waals surface area contributed by atoms with Crippen LogP contribution in [0.1, 0.15) is 0 Å². The van der Waals surface area contributed by atoms with Crippen LogP contribution in [0.25, 0.3) is 56.0 Å². The largest absolute Gasteiger partial charge is 0.384 e. The van der Waals surface area contributed by atoms with Crippen molar-refractivity contribution < 1.29 is 9.18 Å². The van der Waals surface area contributed by atoms with Crippen LogP contribution < -0.4 is 10.6 Å². The van der Waals surface area contributed by atoms with Crippen LogP contribution in [0.4, 0.5) is 15.8 Å². The van der Waals surface area contributed by atoms with Gasteiger partial charge in [0.05, 0.1) is 29.3 Å². The predicted octanol–water partition coefficient (Wildman–Crippen LogP) is 4.24. The van der Waals surface area contributed by atoms with E-state index in [1.54, 1.807) is 29.7 Å². The van der Waals surface area contributed by atoms with Crippen molar-refractivity contribution in [1.82, 2.24) is 44.9 Å². The third kappa shape index (κ3) is 6.23. The number of carbonyl (C=O) groups is 1. The van der Waals surface area contributed by atoms with Gasteiger partial charge >= 0.3 is 0 Å². The lowest BCUT2D eigenvalue weighted by Crippen LogP contribution is -2.27. The van der Waals surface area contributed by atoms with E-state index in [0.29, 0.717) is 51.8 Å². The minimum atomic E-state index is -0.339. The number of pyridine rings is 3. The Hall–Kier alpha value is -5.27. The second kappa shape index (κ2) is 12.1.